The minimum Gasteiger partial charge on any atom is -0.486 e. The summed E-state index contributed by atoms with van der Waals surface area (Å²) in [6.45, 7) is 5.29. The Kier molecular flexibility index (Phi) is 3.76. The van der Waals surface area contributed by atoms with Crippen LogP contribution in [-0.2, 0) is 13.2 Å². The van der Waals surface area contributed by atoms with Gasteiger partial charge in [0.05, 0.1) is 5.69 Å². The maximum Gasteiger partial charge on any atom is 0.140 e. The second kappa shape index (κ2) is 5.54. The Bertz CT molecular complexity index is 597. The van der Waals surface area contributed by atoms with Crippen LogP contribution in [0.25, 0.3) is 0 Å². The molecule has 20 heavy (non-hydrogen) atoms. The molecule has 1 fully saturated rings. The minimum absolute atomic E-state index is 0.535. The van der Waals surface area contributed by atoms with Gasteiger partial charge in [-0.05, 0) is 49.9 Å². The lowest BCUT2D eigenvalue weighted by molar-refractivity contribution is 0.305. The predicted octanol–water partition coefficient (Wildman–Crippen LogP) is 3.68. The maximum absolute atomic E-state index is 5.87. The average molecular weight is 288 g/mol. The molecule has 106 valence electrons. The van der Waals surface area contributed by atoms with E-state index in [-0.39, 0.29) is 0 Å². The predicted molar refractivity (Wildman–Crippen MR) is 82.2 cm³/mol. The Morgan fingerprint density at radius 1 is 1.25 bits per heavy atom. The second-order valence-corrected chi connectivity index (χ2v) is 6.67. The van der Waals surface area contributed by atoms with Gasteiger partial charge in [-0.25, -0.2) is 4.98 Å². The molecule has 2 N–H and O–H groups in total. The molecule has 4 heteroatoms. The van der Waals surface area contributed by atoms with Gasteiger partial charge in [0.1, 0.15) is 17.4 Å². The smallest absolute Gasteiger partial charge is 0.140 e. The Hall–Kier alpha value is -1.39. The fourth-order valence-electron chi connectivity index (χ4n) is 2.46. The monoisotopic (exact) mass is 288 g/mol. The van der Waals surface area contributed by atoms with Crippen molar-refractivity contribution < 1.29 is 4.74 Å². The fraction of sp³-hybridized carbons (Fsp3) is 0.438. The van der Waals surface area contributed by atoms with Crippen LogP contribution in [-0.4, -0.2) is 4.98 Å². The summed E-state index contributed by atoms with van der Waals surface area (Å²) in [5.74, 6) is 1.57. The number of ether oxygens (including phenoxy) is 1. The van der Waals surface area contributed by atoms with E-state index in [1.807, 2.05) is 0 Å². The topological polar surface area (TPSA) is 48.1 Å². The molecule has 0 atom stereocenters. The number of aryl methyl sites for hydroxylation is 2. The van der Waals surface area contributed by atoms with Crippen molar-refractivity contribution in [1.29, 1.82) is 0 Å². The minimum atomic E-state index is 0.535. The number of benzene rings is 1. The lowest BCUT2D eigenvalue weighted by Crippen LogP contribution is -1.97. The van der Waals surface area contributed by atoms with Gasteiger partial charge in [0.2, 0.25) is 0 Å². The molecule has 0 amide bonds. The first-order valence-corrected chi connectivity index (χ1v) is 7.87. The molecule has 1 aromatic carbocycles. The van der Waals surface area contributed by atoms with Crippen LogP contribution in [0, 0.1) is 13.8 Å². The number of rotatable bonds is 5. The van der Waals surface area contributed by atoms with Crippen LogP contribution >= 0.6 is 11.3 Å². The number of aromatic nitrogens is 1. The molecule has 0 saturated heterocycles. The molecule has 1 aliphatic carbocycles. The van der Waals surface area contributed by atoms with Crippen molar-refractivity contribution in [2.75, 3.05) is 0 Å². The van der Waals surface area contributed by atoms with Gasteiger partial charge in [0.25, 0.3) is 0 Å². The number of nitrogens with zero attached hydrogens (tertiary/aromatic N) is 1. The molecular formula is C16H20N2OS. The molecule has 2 aromatic rings. The van der Waals surface area contributed by atoms with Crippen molar-refractivity contribution in [1.82, 2.24) is 4.98 Å². The van der Waals surface area contributed by atoms with E-state index in [9.17, 15) is 0 Å². The molecule has 1 aromatic heterocycles. The maximum atomic E-state index is 5.87. The second-order valence-electron chi connectivity index (χ2n) is 5.51. The van der Waals surface area contributed by atoms with Crippen molar-refractivity contribution >= 4 is 11.3 Å². The lowest BCUT2D eigenvalue weighted by atomic mass is 10.1. The molecule has 0 radical (unpaired) electrons. The summed E-state index contributed by atoms with van der Waals surface area (Å²) in [4.78, 5) is 5.94. The Morgan fingerprint density at radius 3 is 2.55 bits per heavy atom. The van der Waals surface area contributed by atoms with Gasteiger partial charge in [0.15, 0.2) is 0 Å². The van der Waals surface area contributed by atoms with Crippen LogP contribution in [0.3, 0.4) is 0 Å². The quantitative estimate of drug-likeness (QED) is 0.913. The first-order chi connectivity index (χ1) is 9.65. The van der Waals surface area contributed by atoms with E-state index in [0.29, 0.717) is 19.1 Å². The molecule has 1 heterocycles. The first-order valence-electron chi connectivity index (χ1n) is 7.05. The number of nitrogens with two attached hydrogens (primary N) is 1. The molecule has 0 spiro atoms. The van der Waals surface area contributed by atoms with Crippen LogP contribution in [0.5, 0.6) is 5.75 Å². The van der Waals surface area contributed by atoms with E-state index in [0.717, 1.165) is 10.8 Å². The first kappa shape index (κ1) is 13.6. The molecular weight excluding hydrogens is 268 g/mol. The van der Waals surface area contributed by atoms with Crippen molar-refractivity contribution in [2.45, 2.75) is 45.8 Å². The van der Waals surface area contributed by atoms with E-state index < -0.39 is 0 Å². The number of hydrogen-bond donors (Lipinski definition) is 1. The number of hydrogen-bond acceptors (Lipinski definition) is 4. The van der Waals surface area contributed by atoms with Crippen molar-refractivity contribution in [2.24, 2.45) is 5.73 Å². The Labute approximate surface area is 123 Å². The zero-order valence-corrected chi connectivity index (χ0v) is 12.8. The Morgan fingerprint density at radius 2 is 1.95 bits per heavy atom. The third-order valence-corrected chi connectivity index (χ3v) is 4.55. The molecule has 0 aliphatic heterocycles. The van der Waals surface area contributed by atoms with E-state index in [4.69, 9.17) is 15.5 Å². The van der Waals surface area contributed by atoms with E-state index in [1.54, 1.807) is 11.3 Å². The van der Waals surface area contributed by atoms with Crippen LogP contribution in [0.2, 0.25) is 0 Å². The van der Waals surface area contributed by atoms with Gasteiger partial charge in [-0.1, -0.05) is 6.07 Å². The van der Waals surface area contributed by atoms with Crippen LogP contribution in [0.1, 0.15) is 45.5 Å². The zero-order valence-electron chi connectivity index (χ0n) is 12.0. The van der Waals surface area contributed by atoms with Crippen LogP contribution < -0.4 is 10.5 Å². The molecule has 3 rings (SSSR count). The standard InChI is InChI=1S/C16H20N2OS/c1-10-5-11(2)7-13(6-10)19-9-15-18-16(12-3-4-12)14(8-17)20-15/h5-7,12H,3-4,8-9,17H2,1-2H3. The van der Waals surface area contributed by atoms with Crippen molar-refractivity contribution in [3.8, 4) is 5.75 Å². The fourth-order valence-corrected chi connectivity index (χ4v) is 3.41. The third kappa shape index (κ3) is 3.02. The molecule has 1 saturated carbocycles. The summed E-state index contributed by atoms with van der Waals surface area (Å²) in [5, 5.41) is 1.03. The summed E-state index contributed by atoms with van der Waals surface area (Å²) in [7, 11) is 0. The summed E-state index contributed by atoms with van der Waals surface area (Å²) >= 11 is 1.69. The van der Waals surface area contributed by atoms with E-state index >= 15 is 0 Å². The Balaban J connectivity index is 1.71. The highest BCUT2D eigenvalue weighted by atomic mass is 32.1. The zero-order chi connectivity index (χ0) is 14.1. The van der Waals surface area contributed by atoms with Gasteiger partial charge in [-0.15, -0.1) is 11.3 Å². The van der Waals surface area contributed by atoms with Gasteiger partial charge in [-0.3, -0.25) is 0 Å². The summed E-state index contributed by atoms with van der Waals surface area (Å²) < 4.78 is 5.87. The van der Waals surface area contributed by atoms with E-state index in [1.165, 1.54) is 34.5 Å². The molecule has 0 unspecified atom stereocenters. The summed E-state index contributed by atoms with van der Waals surface area (Å²) in [6, 6.07) is 6.27. The SMILES string of the molecule is Cc1cc(C)cc(OCc2nc(C3CC3)c(CN)s2)c1. The molecule has 0 bridgehead atoms. The van der Waals surface area contributed by atoms with Crippen molar-refractivity contribution in [3.63, 3.8) is 0 Å². The molecule has 1 aliphatic rings. The summed E-state index contributed by atoms with van der Waals surface area (Å²) in [5.41, 5.74) is 9.47. The lowest BCUT2D eigenvalue weighted by Gasteiger charge is -2.06. The van der Waals surface area contributed by atoms with Gasteiger partial charge >= 0.3 is 0 Å². The number of thiazole rings is 1. The van der Waals surface area contributed by atoms with Gasteiger partial charge in [0, 0.05) is 17.3 Å². The highest BCUT2D eigenvalue weighted by molar-refractivity contribution is 7.11. The highest BCUT2D eigenvalue weighted by Crippen LogP contribution is 2.42. The van der Waals surface area contributed by atoms with Crippen LogP contribution in [0.4, 0.5) is 0 Å². The summed E-state index contributed by atoms with van der Waals surface area (Å²) in [6.07, 6.45) is 2.52. The highest BCUT2D eigenvalue weighted by Gasteiger charge is 2.29. The van der Waals surface area contributed by atoms with Crippen LogP contribution in [0.15, 0.2) is 18.2 Å². The average Bonchev–Trinajstić information content (AvgIpc) is 3.16. The van der Waals surface area contributed by atoms with Crippen molar-refractivity contribution in [3.05, 3.63) is 44.9 Å². The molecule has 3 nitrogen and oxygen atoms in total. The van der Waals surface area contributed by atoms with E-state index in [2.05, 4.69) is 32.0 Å². The third-order valence-electron chi connectivity index (χ3n) is 3.48. The van der Waals surface area contributed by atoms with Gasteiger partial charge < -0.3 is 10.5 Å². The normalized spacial score (nSPS) is 14.6. The van der Waals surface area contributed by atoms with Gasteiger partial charge in [-0.2, -0.15) is 0 Å². The largest absolute Gasteiger partial charge is 0.486 e.